The second-order valence-corrected chi connectivity index (χ2v) is 5.98. The van der Waals surface area contributed by atoms with Crippen LogP contribution in [0.15, 0.2) is 53.5 Å². The summed E-state index contributed by atoms with van der Waals surface area (Å²) in [5.74, 6) is 2.39. The average molecular weight is 328 g/mol. The van der Waals surface area contributed by atoms with Crippen LogP contribution in [0, 0.1) is 12.3 Å². The van der Waals surface area contributed by atoms with E-state index in [1.54, 1.807) is 0 Å². The van der Waals surface area contributed by atoms with Crippen molar-refractivity contribution in [3.8, 4) is 18.2 Å². The van der Waals surface area contributed by atoms with Crippen LogP contribution in [0.5, 0.6) is 5.88 Å². The molecule has 4 rings (SSSR count). The molecule has 0 fully saturated rings. The van der Waals surface area contributed by atoms with Gasteiger partial charge in [0.15, 0.2) is 5.88 Å². The Morgan fingerprint density at radius 2 is 1.88 bits per heavy atom. The Morgan fingerprint density at radius 3 is 2.72 bits per heavy atom. The predicted octanol–water partition coefficient (Wildman–Crippen LogP) is 2.12. The van der Waals surface area contributed by atoms with Crippen molar-refractivity contribution in [3.63, 3.8) is 0 Å². The van der Waals surface area contributed by atoms with Gasteiger partial charge < -0.3 is 9.67 Å². The highest BCUT2D eigenvalue weighted by atomic mass is 16.3. The molecule has 3 aromatic rings. The first-order valence-corrected chi connectivity index (χ1v) is 8.19. The molecule has 1 N–H and O–H groups in total. The van der Waals surface area contributed by atoms with Crippen LogP contribution >= 0.6 is 0 Å². The quantitative estimate of drug-likeness (QED) is 0.589. The number of aromatic hydroxyl groups is 1. The number of terminal acetylenes is 1. The molecule has 0 atom stereocenters. The molecule has 0 saturated heterocycles. The van der Waals surface area contributed by atoms with Crippen molar-refractivity contribution in [1.29, 1.82) is 0 Å². The fourth-order valence-corrected chi connectivity index (χ4v) is 3.41. The van der Waals surface area contributed by atoms with Gasteiger partial charge in [-0.2, -0.15) is 0 Å². The molecular formula is C21H16N2O2. The number of carbonyl (C=O) groups excluding carboxylic acids is 1. The number of aromatic nitrogens is 1. The summed E-state index contributed by atoms with van der Waals surface area (Å²) in [5, 5.41) is 13.2. The monoisotopic (exact) mass is 328 g/mol. The van der Waals surface area contributed by atoms with Crippen molar-refractivity contribution in [2.75, 3.05) is 0 Å². The molecule has 1 aromatic heterocycles. The van der Waals surface area contributed by atoms with Crippen LogP contribution in [0.25, 0.3) is 16.5 Å². The van der Waals surface area contributed by atoms with E-state index in [0.29, 0.717) is 29.5 Å². The Balaban J connectivity index is 2.02. The molecule has 1 aliphatic rings. The Kier molecular flexibility index (Phi) is 3.62. The van der Waals surface area contributed by atoms with Gasteiger partial charge in [0.1, 0.15) is 0 Å². The third-order valence-electron chi connectivity index (χ3n) is 4.51. The van der Waals surface area contributed by atoms with Crippen LogP contribution in [0.3, 0.4) is 0 Å². The molecule has 1 amide bonds. The van der Waals surface area contributed by atoms with Crippen molar-refractivity contribution < 1.29 is 9.90 Å². The van der Waals surface area contributed by atoms with Crippen LogP contribution in [-0.2, 0) is 11.3 Å². The summed E-state index contributed by atoms with van der Waals surface area (Å²) in [6.07, 6.45) is 6.73. The van der Waals surface area contributed by atoms with Gasteiger partial charge in [-0.15, -0.1) is 12.3 Å². The van der Waals surface area contributed by atoms with Crippen LogP contribution in [-0.4, -0.2) is 15.6 Å². The molecule has 25 heavy (non-hydrogen) atoms. The van der Waals surface area contributed by atoms with E-state index in [9.17, 15) is 9.90 Å². The second kappa shape index (κ2) is 5.95. The van der Waals surface area contributed by atoms with Crippen LogP contribution in [0.2, 0.25) is 0 Å². The summed E-state index contributed by atoms with van der Waals surface area (Å²) in [5.41, 5.74) is 1.90. The van der Waals surface area contributed by atoms with Gasteiger partial charge in [0, 0.05) is 23.6 Å². The average Bonchev–Trinajstić information content (AvgIpc) is 3.09. The maximum atomic E-state index is 12.5. The van der Waals surface area contributed by atoms with Crippen LogP contribution in [0.4, 0.5) is 0 Å². The number of nitrogens with zero attached hydrogens (tertiary/aromatic N) is 2. The van der Waals surface area contributed by atoms with E-state index >= 15 is 0 Å². The first-order chi connectivity index (χ1) is 12.2. The fourth-order valence-electron chi connectivity index (χ4n) is 3.41. The zero-order valence-electron chi connectivity index (χ0n) is 13.6. The lowest BCUT2D eigenvalue weighted by Gasteiger charge is -2.06. The van der Waals surface area contributed by atoms with Crippen molar-refractivity contribution in [3.05, 3.63) is 64.7 Å². The number of hydrogen-bond acceptors (Lipinski definition) is 2. The number of amides is 1. The number of para-hydroxylation sites is 2. The maximum absolute atomic E-state index is 12.5. The van der Waals surface area contributed by atoms with Crippen molar-refractivity contribution in [2.24, 2.45) is 4.99 Å². The topological polar surface area (TPSA) is 54.6 Å². The van der Waals surface area contributed by atoms with Gasteiger partial charge >= 0.3 is 0 Å². The summed E-state index contributed by atoms with van der Waals surface area (Å²) < 4.78 is 1.82. The van der Waals surface area contributed by atoms with Crippen molar-refractivity contribution in [1.82, 2.24) is 4.57 Å². The molecule has 0 spiro atoms. The Hall–Kier alpha value is -3.32. The largest absolute Gasteiger partial charge is 0.494 e. The highest BCUT2D eigenvalue weighted by molar-refractivity contribution is 6.24. The van der Waals surface area contributed by atoms with E-state index in [4.69, 9.17) is 6.42 Å². The van der Waals surface area contributed by atoms with E-state index in [-0.39, 0.29) is 11.8 Å². The summed E-state index contributed by atoms with van der Waals surface area (Å²) in [7, 11) is 0. The standard InChI is InChI=1S/C21H16N2O2/c1-2-3-8-13-23-17-12-7-5-10-15(17)19(21(23)25)18-14-9-4-6-11-16(14)22-20(18)24/h1,4-7,9-12,25H,3,8,13H2. The van der Waals surface area contributed by atoms with Gasteiger partial charge in [0.05, 0.1) is 22.0 Å². The highest BCUT2D eigenvalue weighted by Crippen LogP contribution is 2.36. The Labute approximate surface area is 144 Å². The minimum absolute atomic E-state index is 0.0912. The summed E-state index contributed by atoms with van der Waals surface area (Å²) in [6.45, 7) is 0.594. The Bertz CT molecular complexity index is 1160. The molecule has 122 valence electrons. The smallest absolute Gasteiger partial charge is 0.279 e. The lowest BCUT2D eigenvalue weighted by Crippen LogP contribution is -2.22. The lowest BCUT2D eigenvalue weighted by molar-refractivity contribution is -0.112. The minimum Gasteiger partial charge on any atom is -0.494 e. The lowest BCUT2D eigenvalue weighted by atomic mass is 10.0. The summed E-state index contributed by atoms with van der Waals surface area (Å²) in [6, 6.07) is 15.1. The molecule has 0 radical (unpaired) electrons. The van der Waals surface area contributed by atoms with E-state index in [1.807, 2.05) is 53.1 Å². The van der Waals surface area contributed by atoms with Crippen LogP contribution < -0.4 is 10.6 Å². The van der Waals surface area contributed by atoms with Crippen molar-refractivity contribution >= 4 is 22.4 Å². The van der Waals surface area contributed by atoms with E-state index in [1.165, 1.54) is 0 Å². The summed E-state index contributed by atoms with van der Waals surface area (Å²) in [4.78, 5) is 16.7. The maximum Gasteiger partial charge on any atom is 0.279 e. The van der Waals surface area contributed by atoms with Gasteiger partial charge in [-0.05, 0) is 18.6 Å². The molecule has 0 aliphatic carbocycles. The number of unbranched alkanes of at least 4 members (excludes halogenated alkanes) is 1. The number of rotatable bonds is 4. The number of carbonyl (C=O) groups is 1. The third-order valence-corrected chi connectivity index (χ3v) is 4.51. The van der Waals surface area contributed by atoms with E-state index in [0.717, 1.165) is 22.5 Å². The first kappa shape index (κ1) is 15.2. The molecule has 2 heterocycles. The number of aryl methyl sites for hydroxylation is 1. The minimum atomic E-state index is -0.317. The van der Waals surface area contributed by atoms with Gasteiger partial charge in [-0.1, -0.05) is 36.4 Å². The number of fused-ring (bicyclic) bond motifs is 2. The molecule has 0 bridgehead atoms. The normalized spacial score (nSPS) is 12.9. The summed E-state index contributed by atoms with van der Waals surface area (Å²) >= 11 is 0. The molecule has 4 nitrogen and oxygen atoms in total. The van der Waals surface area contributed by atoms with Crippen LogP contribution in [0.1, 0.15) is 18.4 Å². The Morgan fingerprint density at radius 1 is 1.12 bits per heavy atom. The number of benzene rings is 2. The molecule has 2 aromatic carbocycles. The zero-order valence-corrected chi connectivity index (χ0v) is 13.6. The van der Waals surface area contributed by atoms with Gasteiger partial charge in [0.25, 0.3) is 5.91 Å². The fraction of sp³-hybridized carbons (Fsp3) is 0.143. The van der Waals surface area contributed by atoms with Gasteiger partial charge in [-0.3, -0.25) is 4.79 Å². The third kappa shape index (κ3) is 2.33. The molecular weight excluding hydrogens is 312 g/mol. The van der Waals surface area contributed by atoms with E-state index in [2.05, 4.69) is 10.9 Å². The van der Waals surface area contributed by atoms with Gasteiger partial charge in [0.2, 0.25) is 0 Å². The molecule has 4 heteroatoms. The molecule has 1 aliphatic heterocycles. The molecule has 0 saturated carbocycles. The predicted molar refractivity (Wildman–Crippen MR) is 96.4 cm³/mol. The van der Waals surface area contributed by atoms with E-state index < -0.39 is 0 Å². The second-order valence-electron chi connectivity index (χ2n) is 5.98. The number of hydrogen-bond donors (Lipinski definition) is 1. The first-order valence-electron chi connectivity index (χ1n) is 8.19. The zero-order chi connectivity index (χ0) is 17.4. The molecule has 0 unspecified atom stereocenters. The SMILES string of the molecule is C#CCCCn1c(O)c(C2=c3ccccc3=NC2=O)c2ccccc21. The van der Waals surface area contributed by atoms with Crippen molar-refractivity contribution in [2.45, 2.75) is 19.4 Å². The van der Waals surface area contributed by atoms with Gasteiger partial charge in [-0.25, -0.2) is 4.99 Å². The highest BCUT2D eigenvalue weighted by Gasteiger charge is 2.26.